The van der Waals surface area contributed by atoms with Gasteiger partial charge in [-0.15, -0.1) is 0 Å². The van der Waals surface area contributed by atoms with Crippen molar-refractivity contribution in [3.8, 4) is 0 Å². The normalized spacial score (nSPS) is 15.9. The van der Waals surface area contributed by atoms with Crippen LogP contribution in [-0.4, -0.2) is 35.3 Å². The Morgan fingerprint density at radius 3 is 2.53 bits per heavy atom. The number of amides is 1. The second-order valence-electron chi connectivity index (χ2n) is 8.09. The van der Waals surface area contributed by atoms with E-state index in [1.165, 1.54) is 23.3 Å². The largest absolute Gasteiger partial charge is 0.464 e. The van der Waals surface area contributed by atoms with Crippen LogP contribution < -0.4 is 5.43 Å². The Balaban J connectivity index is 1.49. The lowest BCUT2D eigenvalue weighted by Gasteiger charge is -2.23. The summed E-state index contributed by atoms with van der Waals surface area (Å²) in [6.07, 6.45) is -2.85. The smallest absolute Gasteiger partial charge is 0.416 e. The number of aryl methyl sites for hydroxylation is 1. The number of benzene rings is 2. The molecule has 168 valence electrons. The fraction of sp³-hybridized carbons (Fsp3) is 0.333. The number of alkyl halides is 3. The van der Waals surface area contributed by atoms with Gasteiger partial charge in [0.2, 0.25) is 5.91 Å². The van der Waals surface area contributed by atoms with Gasteiger partial charge in [-0.3, -0.25) is 14.5 Å². The Morgan fingerprint density at radius 2 is 1.75 bits per heavy atom. The molecule has 1 fully saturated rings. The molecule has 2 heterocycles. The minimum absolute atomic E-state index is 0.0762. The van der Waals surface area contributed by atoms with E-state index in [-0.39, 0.29) is 36.4 Å². The monoisotopic (exact) mass is 444 g/mol. The number of fused-ring (bicyclic) bond motifs is 1. The Morgan fingerprint density at radius 1 is 0.969 bits per heavy atom. The zero-order chi connectivity index (χ0) is 22.9. The summed E-state index contributed by atoms with van der Waals surface area (Å²) in [7, 11) is 0. The van der Waals surface area contributed by atoms with Crippen molar-refractivity contribution in [3.63, 3.8) is 0 Å². The van der Waals surface area contributed by atoms with Gasteiger partial charge in [0.15, 0.2) is 5.43 Å². The minimum Gasteiger partial charge on any atom is -0.464 e. The molecule has 0 atom stereocenters. The van der Waals surface area contributed by atoms with Crippen molar-refractivity contribution in [3.05, 3.63) is 81.2 Å². The first kappa shape index (κ1) is 22.1. The second kappa shape index (κ2) is 8.78. The summed E-state index contributed by atoms with van der Waals surface area (Å²) in [5, 5.41) is 0.513. The number of halogens is 3. The molecule has 1 amide bonds. The lowest BCUT2D eigenvalue weighted by molar-refractivity contribution is -0.139. The minimum atomic E-state index is -4.47. The predicted octanol–water partition coefficient (Wildman–Crippen LogP) is 4.35. The number of hydrogen-bond donors (Lipinski definition) is 0. The zero-order valence-corrected chi connectivity index (χ0v) is 17.6. The molecule has 1 aliphatic rings. The van der Waals surface area contributed by atoms with E-state index in [0.29, 0.717) is 36.2 Å². The van der Waals surface area contributed by atoms with Crippen LogP contribution in [0.5, 0.6) is 0 Å². The van der Waals surface area contributed by atoms with E-state index in [1.807, 2.05) is 17.9 Å². The highest BCUT2D eigenvalue weighted by molar-refractivity contribution is 5.78. The number of carbonyl (C=O) groups excluding carboxylic acids is 1. The Hall–Kier alpha value is -3.13. The van der Waals surface area contributed by atoms with E-state index in [9.17, 15) is 22.8 Å². The second-order valence-corrected chi connectivity index (χ2v) is 8.09. The summed E-state index contributed by atoms with van der Waals surface area (Å²) in [5.74, 6) is -0.203. The summed E-state index contributed by atoms with van der Waals surface area (Å²) in [6, 6.07) is 10.7. The van der Waals surface area contributed by atoms with Crippen LogP contribution in [-0.2, 0) is 24.1 Å². The number of hydrogen-bond acceptors (Lipinski definition) is 4. The first-order valence-corrected chi connectivity index (χ1v) is 10.4. The van der Waals surface area contributed by atoms with Crippen LogP contribution in [0.25, 0.3) is 11.0 Å². The van der Waals surface area contributed by atoms with E-state index in [1.54, 1.807) is 18.2 Å². The zero-order valence-electron chi connectivity index (χ0n) is 17.6. The van der Waals surface area contributed by atoms with E-state index in [4.69, 9.17) is 4.42 Å². The van der Waals surface area contributed by atoms with Gasteiger partial charge >= 0.3 is 6.18 Å². The van der Waals surface area contributed by atoms with Crippen molar-refractivity contribution in [1.82, 2.24) is 9.80 Å². The number of carbonyl (C=O) groups is 1. The lowest BCUT2D eigenvalue weighted by atomic mass is 10.1. The highest BCUT2D eigenvalue weighted by atomic mass is 19.4. The third kappa shape index (κ3) is 4.70. The summed E-state index contributed by atoms with van der Waals surface area (Å²) in [5.41, 5.74) is 1.21. The van der Waals surface area contributed by atoms with Gasteiger partial charge in [0.05, 0.1) is 17.2 Å². The molecule has 2 aromatic carbocycles. The molecule has 0 saturated carbocycles. The van der Waals surface area contributed by atoms with Gasteiger partial charge in [-0.2, -0.15) is 13.2 Å². The molecule has 3 aromatic rings. The van der Waals surface area contributed by atoms with Crippen LogP contribution in [0, 0.1) is 6.92 Å². The molecular weight excluding hydrogens is 421 g/mol. The van der Waals surface area contributed by atoms with Gasteiger partial charge in [-0.05, 0) is 30.7 Å². The summed E-state index contributed by atoms with van der Waals surface area (Å²) >= 11 is 0. The standard InChI is InChI=1S/C24H23F3N2O3/c1-16-6-7-21-19(12-16)23(31)18(15-32-21)13-28-9-8-22(30)29(11-10-28)14-17-4-2-3-5-20(17)24(25,26)27/h2-7,12,15H,8-11,13-14H2,1H3. The summed E-state index contributed by atoms with van der Waals surface area (Å²) in [6.45, 7) is 3.26. The molecule has 5 nitrogen and oxygen atoms in total. The first-order chi connectivity index (χ1) is 15.2. The highest BCUT2D eigenvalue weighted by Crippen LogP contribution is 2.32. The summed E-state index contributed by atoms with van der Waals surface area (Å²) < 4.78 is 45.5. The predicted molar refractivity (Wildman–Crippen MR) is 114 cm³/mol. The van der Waals surface area contributed by atoms with Crippen LogP contribution >= 0.6 is 0 Å². The average molecular weight is 444 g/mol. The molecule has 4 rings (SSSR count). The molecule has 0 radical (unpaired) electrons. The molecule has 1 aliphatic heterocycles. The van der Waals surface area contributed by atoms with Crippen molar-refractivity contribution in [2.45, 2.75) is 32.6 Å². The maximum Gasteiger partial charge on any atom is 0.416 e. The van der Waals surface area contributed by atoms with Crippen molar-refractivity contribution in [2.75, 3.05) is 19.6 Å². The van der Waals surface area contributed by atoms with Gasteiger partial charge in [0.25, 0.3) is 0 Å². The molecule has 0 aliphatic carbocycles. The molecule has 8 heteroatoms. The topological polar surface area (TPSA) is 53.8 Å². The fourth-order valence-electron chi connectivity index (χ4n) is 4.01. The molecule has 1 saturated heterocycles. The molecular formula is C24H23F3N2O3. The molecule has 0 bridgehead atoms. The van der Waals surface area contributed by atoms with E-state index >= 15 is 0 Å². The van der Waals surface area contributed by atoms with Crippen LogP contribution in [0.2, 0.25) is 0 Å². The van der Waals surface area contributed by atoms with Crippen LogP contribution in [0.3, 0.4) is 0 Å². The quantitative estimate of drug-likeness (QED) is 0.600. The molecule has 32 heavy (non-hydrogen) atoms. The van der Waals surface area contributed by atoms with Crippen molar-refractivity contribution in [2.24, 2.45) is 0 Å². The van der Waals surface area contributed by atoms with Crippen molar-refractivity contribution >= 4 is 16.9 Å². The van der Waals surface area contributed by atoms with Gasteiger partial charge in [0, 0.05) is 44.7 Å². The molecule has 0 N–H and O–H groups in total. The van der Waals surface area contributed by atoms with Gasteiger partial charge < -0.3 is 9.32 Å². The lowest BCUT2D eigenvalue weighted by Crippen LogP contribution is -2.33. The third-order valence-electron chi connectivity index (χ3n) is 5.76. The van der Waals surface area contributed by atoms with Gasteiger partial charge in [0.1, 0.15) is 5.58 Å². The van der Waals surface area contributed by atoms with E-state index in [0.717, 1.165) is 11.6 Å². The Kier molecular flexibility index (Phi) is 6.06. The number of rotatable bonds is 4. The van der Waals surface area contributed by atoms with Crippen LogP contribution in [0.4, 0.5) is 13.2 Å². The van der Waals surface area contributed by atoms with Crippen LogP contribution in [0.15, 0.2) is 57.9 Å². The molecule has 1 aromatic heterocycles. The maximum atomic E-state index is 13.3. The average Bonchev–Trinajstić information content (AvgIpc) is 2.92. The van der Waals surface area contributed by atoms with Crippen molar-refractivity contribution < 1.29 is 22.4 Å². The molecule has 0 unspecified atom stereocenters. The number of nitrogens with zero attached hydrogens (tertiary/aromatic N) is 2. The van der Waals surface area contributed by atoms with E-state index < -0.39 is 11.7 Å². The highest BCUT2D eigenvalue weighted by Gasteiger charge is 2.34. The van der Waals surface area contributed by atoms with E-state index in [2.05, 4.69) is 0 Å². The fourth-order valence-corrected chi connectivity index (χ4v) is 4.01. The first-order valence-electron chi connectivity index (χ1n) is 10.4. The Labute approximate surface area is 183 Å². The van der Waals surface area contributed by atoms with Crippen molar-refractivity contribution in [1.29, 1.82) is 0 Å². The third-order valence-corrected chi connectivity index (χ3v) is 5.76. The Bertz CT molecular complexity index is 1200. The SMILES string of the molecule is Cc1ccc2occ(CN3CCC(=O)N(Cc4ccccc4C(F)(F)F)CC3)c(=O)c2c1. The maximum absolute atomic E-state index is 13.3. The molecule has 0 spiro atoms. The summed E-state index contributed by atoms with van der Waals surface area (Å²) in [4.78, 5) is 28.9. The van der Waals surface area contributed by atoms with Gasteiger partial charge in [-0.1, -0.05) is 29.8 Å². The van der Waals surface area contributed by atoms with Gasteiger partial charge in [-0.25, -0.2) is 0 Å². The van der Waals surface area contributed by atoms with Crippen LogP contribution in [0.1, 0.15) is 28.7 Å².